The molecule has 0 aliphatic rings. The van der Waals surface area contributed by atoms with Crippen molar-refractivity contribution in [3.8, 4) is 28.7 Å². The van der Waals surface area contributed by atoms with E-state index in [0.29, 0.717) is 28.6 Å². The van der Waals surface area contributed by atoms with E-state index in [4.69, 9.17) is 23.7 Å². The van der Waals surface area contributed by atoms with Crippen LogP contribution in [-0.4, -0.2) is 46.5 Å². The SMILES string of the molecule is COc1cc(/C=N/NC(=O)Cc2ccccc2)ccc1OC(=O)c1cc(OC)c(OC)c(OC)c1. The largest absolute Gasteiger partial charge is 0.493 e. The molecular weight excluding hydrogens is 452 g/mol. The van der Waals surface area contributed by atoms with Crippen LogP contribution in [0.1, 0.15) is 21.5 Å². The zero-order valence-electron chi connectivity index (χ0n) is 19.9. The van der Waals surface area contributed by atoms with Crippen molar-refractivity contribution in [3.63, 3.8) is 0 Å². The second-order valence-corrected chi connectivity index (χ2v) is 7.17. The van der Waals surface area contributed by atoms with Crippen molar-refractivity contribution in [2.45, 2.75) is 6.42 Å². The molecule has 3 rings (SSSR count). The van der Waals surface area contributed by atoms with Gasteiger partial charge in [-0.1, -0.05) is 30.3 Å². The molecule has 3 aromatic rings. The first-order chi connectivity index (χ1) is 17.0. The standard InChI is InChI=1S/C26H26N2O7/c1-31-21-12-18(16-27-28-24(29)13-17-8-6-5-7-9-17)10-11-20(21)35-26(30)19-14-22(32-2)25(34-4)23(15-19)33-3/h5-12,14-16H,13H2,1-4H3,(H,28,29)/b27-16+. The Morgan fingerprint density at radius 2 is 1.46 bits per heavy atom. The highest BCUT2D eigenvalue weighted by atomic mass is 16.6. The molecule has 0 unspecified atom stereocenters. The normalized spacial score (nSPS) is 10.5. The second kappa shape index (κ2) is 12.1. The molecule has 0 spiro atoms. The third-order valence-corrected chi connectivity index (χ3v) is 4.90. The smallest absolute Gasteiger partial charge is 0.343 e. The second-order valence-electron chi connectivity index (χ2n) is 7.17. The molecule has 9 heteroatoms. The fourth-order valence-electron chi connectivity index (χ4n) is 3.21. The summed E-state index contributed by atoms with van der Waals surface area (Å²) in [5.74, 6) is 0.649. The summed E-state index contributed by atoms with van der Waals surface area (Å²) in [6, 6.07) is 17.2. The van der Waals surface area contributed by atoms with Gasteiger partial charge in [-0.2, -0.15) is 5.10 Å². The average molecular weight is 479 g/mol. The summed E-state index contributed by atoms with van der Waals surface area (Å²) < 4.78 is 26.7. The van der Waals surface area contributed by atoms with Gasteiger partial charge in [-0.3, -0.25) is 4.79 Å². The predicted molar refractivity (Wildman–Crippen MR) is 130 cm³/mol. The Hall–Kier alpha value is -4.53. The van der Waals surface area contributed by atoms with Crippen LogP contribution < -0.4 is 29.1 Å². The molecule has 1 N–H and O–H groups in total. The van der Waals surface area contributed by atoms with Crippen molar-refractivity contribution in [2.75, 3.05) is 28.4 Å². The van der Waals surface area contributed by atoms with Crippen molar-refractivity contribution < 1.29 is 33.3 Å². The maximum absolute atomic E-state index is 12.8. The lowest BCUT2D eigenvalue weighted by Gasteiger charge is -2.14. The Balaban J connectivity index is 1.70. The molecule has 0 aliphatic heterocycles. The van der Waals surface area contributed by atoms with Crippen molar-refractivity contribution in [1.29, 1.82) is 0 Å². The molecule has 0 fully saturated rings. The van der Waals surface area contributed by atoms with Crippen LogP contribution in [0, 0.1) is 0 Å². The van der Waals surface area contributed by atoms with E-state index in [2.05, 4.69) is 10.5 Å². The third kappa shape index (κ3) is 6.50. The molecule has 35 heavy (non-hydrogen) atoms. The van der Waals surface area contributed by atoms with Crippen LogP contribution in [-0.2, 0) is 11.2 Å². The van der Waals surface area contributed by atoms with Crippen LogP contribution >= 0.6 is 0 Å². The lowest BCUT2D eigenvalue weighted by Crippen LogP contribution is -2.19. The summed E-state index contributed by atoms with van der Waals surface area (Å²) in [6.45, 7) is 0. The molecule has 0 aromatic heterocycles. The molecule has 0 radical (unpaired) electrons. The van der Waals surface area contributed by atoms with Crippen LogP contribution in [0.25, 0.3) is 0 Å². The number of rotatable bonds is 10. The van der Waals surface area contributed by atoms with E-state index in [1.165, 1.54) is 46.8 Å². The first-order valence-electron chi connectivity index (χ1n) is 10.5. The first-order valence-corrected chi connectivity index (χ1v) is 10.5. The summed E-state index contributed by atoms with van der Waals surface area (Å²) in [4.78, 5) is 24.8. The van der Waals surface area contributed by atoms with Crippen LogP contribution in [0.3, 0.4) is 0 Å². The third-order valence-electron chi connectivity index (χ3n) is 4.90. The van der Waals surface area contributed by atoms with Gasteiger partial charge in [0, 0.05) is 0 Å². The Labute approximate surface area is 203 Å². The number of hydrazone groups is 1. The van der Waals surface area contributed by atoms with Gasteiger partial charge in [-0.05, 0) is 41.5 Å². The molecule has 182 valence electrons. The lowest BCUT2D eigenvalue weighted by atomic mass is 10.1. The van der Waals surface area contributed by atoms with E-state index in [-0.39, 0.29) is 23.6 Å². The van der Waals surface area contributed by atoms with E-state index in [0.717, 1.165) is 5.56 Å². The highest BCUT2D eigenvalue weighted by Crippen LogP contribution is 2.38. The summed E-state index contributed by atoms with van der Waals surface area (Å²) in [6.07, 6.45) is 1.69. The van der Waals surface area contributed by atoms with E-state index >= 15 is 0 Å². The number of benzene rings is 3. The van der Waals surface area contributed by atoms with E-state index in [1.54, 1.807) is 18.2 Å². The molecule has 9 nitrogen and oxygen atoms in total. The van der Waals surface area contributed by atoms with Crippen molar-refractivity contribution >= 4 is 18.1 Å². The molecule has 0 heterocycles. The number of carbonyl (C=O) groups is 2. The van der Waals surface area contributed by atoms with Crippen LogP contribution in [0.4, 0.5) is 0 Å². The number of nitrogens with zero attached hydrogens (tertiary/aromatic N) is 1. The van der Waals surface area contributed by atoms with Crippen LogP contribution in [0.2, 0.25) is 0 Å². The highest BCUT2D eigenvalue weighted by molar-refractivity contribution is 5.93. The van der Waals surface area contributed by atoms with Gasteiger partial charge in [0.25, 0.3) is 0 Å². The van der Waals surface area contributed by atoms with Gasteiger partial charge in [-0.15, -0.1) is 0 Å². The maximum atomic E-state index is 12.8. The molecule has 1 amide bonds. The number of nitrogens with one attached hydrogen (secondary N) is 1. The summed E-state index contributed by atoms with van der Waals surface area (Å²) in [5, 5.41) is 3.98. The van der Waals surface area contributed by atoms with Crippen molar-refractivity contribution in [3.05, 3.63) is 77.4 Å². The van der Waals surface area contributed by atoms with E-state index < -0.39 is 5.97 Å². The van der Waals surface area contributed by atoms with Crippen molar-refractivity contribution in [2.24, 2.45) is 5.10 Å². The monoisotopic (exact) mass is 478 g/mol. The van der Waals surface area contributed by atoms with Gasteiger partial charge in [0.05, 0.1) is 46.6 Å². The van der Waals surface area contributed by atoms with E-state index in [9.17, 15) is 9.59 Å². The lowest BCUT2D eigenvalue weighted by molar-refractivity contribution is -0.120. The Kier molecular flexibility index (Phi) is 8.66. The predicted octanol–water partition coefficient (Wildman–Crippen LogP) is 3.63. The Morgan fingerprint density at radius 3 is 2.06 bits per heavy atom. The molecule has 0 aliphatic carbocycles. The summed E-state index contributed by atoms with van der Waals surface area (Å²) in [5.41, 5.74) is 4.21. The zero-order chi connectivity index (χ0) is 25.2. The number of ether oxygens (including phenoxy) is 5. The number of esters is 1. The minimum atomic E-state index is -0.642. The van der Waals surface area contributed by atoms with Crippen molar-refractivity contribution in [1.82, 2.24) is 5.43 Å². The van der Waals surface area contributed by atoms with Gasteiger partial charge in [0.2, 0.25) is 11.7 Å². The molecule has 0 atom stereocenters. The Bertz CT molecular complexity index is 1180. The molecule has 0 saturated carbocycles. The topological polar surface area (TPSA) is 105 Å². The van der Waals surface area contributed by atoms with Gasteiger partial charge >= 0.3 is 5.97 Å². The number of hydrogen-bond donors (Lipinski definition) is 1. The summed E-state index contributed by atoms with van der Waals surface area (Å²) >= 11 is 0. The maximum Gasteiger partial charge on any atom is 0.343 e. The number of amides is 1. The van der Waals surface area contributed by atoms with Gasteiger partial charge < -0.3 is 23.7 Å². The van der Waals surface area contributed by atoms with Crippen LogP contribution in [0.5, 0.6) is 28.7 Å². The average Bonchev–Trinajstić information content (AvgIpc) is 2.88. The fourth-order valence-corrected chi connectivity index (χ4v) is 3.21. The number of carbonyl (C=O) groups excluding carboxylic acids is 2. The van der Waals surface area contributed by atoms with Gasteiger partial charge in [0.1, 0.15) is 0 Å². The molecule has 0 saturated heterocycles. The number of hydrogen-bond acceptors (Lipinski definition) is 8. The fraction of sp³-hybridized carbons (Fsp3) is 0.192. The quantitative estimate of drug-likeness (QED) is 0.205. The highest BCUT2D eigenvalue weighted by Gasteiger charge is 2.19. The molecular formula is C26H26N2O7. The van der Waals surface area contributed by atoms with Gasteiger partial charge in [-0.25, -0.2) is 10.2 Å². The number of methoxy groups -OCH3 is 4. The first kappa shape index (κ1) is 25.1. The zero-order valence-corrected chi connectivity index (χ0v) is 19.9. The molecule has 0 bridgehead atoms. The van der Waals surface area contributed by atoms with Gasteiger partial charge in [0.15, 0.2) is 23.0 Å². The minimum Gasteiger partial charge on any atom is -0.493 e. The van der Waals surface area contributed by atoms with E-state index in [1.807, 2.05) is 30.3 Å². The molecule has 3 aromatic carbocycles. The summed E-state index contributed by atoms with van der Waals surface area (Å²) in [7, 11) is 5.84. The Morgan fingerprint density at radius 1 is 0.800 bits per heavy atom. The van der Waals surface area contributed by atoms with Crippen LogP contribution in [0.15, 0.2) is 65.8 Å². The minimum absolute atomic E-state index is 0.202.